The van der Waals surface area contributed by atoms with Gasteiger partial charge in [0.15, 0.2) is 0 Å². The Morgan fingerprint density at radius 3 is 1.57 bits per heavy atom. The second-order valence-corrected chi connectivity index (χ2v) is 15.5. The summed E-state index contributed by atoms with van der Waals surface area (Å²) in [6, 6.07) is 21.1. The maximum atomic E-state index is 5.82. The van der Waals surface area contributed by atoms with E-state index in [9.17, 15) is 0 Å². The van der Waals surface area contributed by atoms with Gasteiger partial charge in [-0.05, 0) is 35.4 Å². The van der Waals surface area contributed by atoms with Crippen LogP contribution < -0.4 is 0 Å². The molecule has 0 saturated heterocycles. The minimum Gasteiger partial charge on any atom is -0.135 e. The zero-order valence-corrected chi connectivity index (χ0v) is 27.0. The van der Waals surface area contributed by atoms with E-state index < -0.39 is 0 Å². The fourth-order valence-electron chi connectivity index (χ4n) is 6.05. The van der Waals surface area contributed by atoms with Crippen molar-refractivity contribution in [2.75, 3.05) is 0 Å². The second-order valence-electron chi connectivity index (χ2n) is 10.7. The van der Waals surface area contributed by atoms with Gasteiger partial charge in [0.25, 0.3) is 0 Å². The summed E-state index contributed by atoms with van der Waals surface area (Å²) < 4.78 is 2.70. The van der Waals surface area contributed by atoms with Gasteiger partial charge in [0, 0.05) is 58.1 Å². The Kier molecular flexibility index (Phi) is 5.59. The minimum absolute atomic E-state index is 0.0840. The van der Waals surface area contributed by atoms with Crippen LogP contribution in [0.25, 0.3) is 31.3 Å². The number of fused-ring (bicyclic) bond motifs is 7. The van der Waals surface area contributed by atoms with Gasteiger partial charge >= 0.3 is 0 Å². The molecule has 0 fully saturated rings. The van der Waals surface area contributed by atoms with Gasteiger partial charge in [0.1, 0.15) is 0 Å². The largest absolute Gasteiger partial charge is 0.135 e. The highest BCUT2D eigenvalue weighted by Crippen LogP contribution is 2.59. The number of allylic oxidation sites excluding steroid dienone is 2. The van der Waals surface area contributed by atoms with E-state index in [1.165, 1.54) is 40.0 Å². The van der Waals surface area contributed by atoms with Gasteiger partial charge in [-0.1, -0.05) is 111 Å². The number of thiophene rings is 3. The van der Waals surface area contributed by atoms with E-state index >= 15 is 0 Å². The predicted octanol–water partition coefficient (Wildman–Crippen LogP) is 10.4. The Bertz CT molecular complexity index is 2030. The third kappa shape index (κ3) is 3.43. The monoisotopic (exact) mass is 638 g/mol. The second kappa shape index (κ2) is 8.82. The SMILES string of the molecule is CC1(C)c2cc(C=C3C(=S)c4ccccc4C3=S)sc2-c2sc3cc(C=C4C(=S)c5ccccc5C4=S)sc3c21. The third-order valence-corrected chi connectivity index (χ3v) is 13.4. The van der Waals surface area contributed by atoms with Crippen LogP contribution in [0, 0.1) is 0 Å². The van der Waals surface area contributed by atoms with Crippen molar-refractivity contribution < 1.29 is 0 Å². The zero-order chi connectivity index (χ0) is 27.5. The molecule has 3 aliphatic rings. The highest BCUT2D eigenvalue weighted by Gasteiger charge is 2.41. The van der Waals surface area contributed by atoms with E-state index in [1.54, 1.807) is 0 Å². The summed E-state index contributed by atoms with van der Waals surface area (Å²) in [5.74, 6) is 0. The van der Waals surface area contributed by atoms with Crippen molar-refractivity contribution in [1.29, 1.82) is 0 Å². The average molecular weight is 639 g/mol. The first-order valence-corrected chi connectivity index (χ1v) is 16.8. The normalized spacial score (nSPS) is 16.6. The summed E-state index contributed by atoms with van der Waals surface area (Å²) in [6.45, 7) is 4.70. The number of thiocarbonyl (C=S) groups is 4. The highest BCUT2D eigenvalue weighted by atomic mass is 32.1. The molecule has 0 saturated carbocycles. The molecule has 0 atom stereocenters. The molecule has 0 spiro atoms. The molecule has 8 rings (SSSR count). The van der Waals surface area contributed by atoms with Crippen LogP contribution in [0.1, 0.15) is 57.0 Å². The highest BCUT2D eigenvalue weighted by molar-refractivity contribution is 7.84. The molecule has 5 aromatic rings. The Morgan fingerprint density at radius 1 is 0.600 bits per heavy atom. The standard InChI is InChI=1S/C33H18S7/c1-33(2)23-13-15(11-21-26(34)17-7-3-4-8-18(17)27(21)35)38-30(23)32-25(33)31-24(40-32)14-16(39-31)12-22-28(36)19-9-5-6-10-20(19)29(22)37/h3-14H,1-2H3. The molecule has 3 heterocycles. The van der Waals surface area contributed by atoms with Crippen molar-refractivity contribution in [2.24, 2.45) is 0 Å². The molecule has 0 nitrogen and oxygen atoms in total. The summed E-state index contributed by atoms with van der Waals surface area (Å²) in [5.41, 5.74) is 9.06. The Labute approximate surface area is 265 Å². The molecule has 2 aromatic carbocycles. The molecule has 0 N–H and O–H groups in total. The van der Waals surface area contributed by atoms with E-state index in [4.69, 9.17) is 48.9 Å². The number of rotatable bonds is 2. The molecular weight excluding hydrogens is 621 g/mol. The van der Waals surface area contributed by atoms with E-state index in [1.807, 2.05) is 58.3 Å². The molecule has 192 valence electrons. The third-order valence-electron chi connectivity index (χ3n) is 8.02. The summed E-state index contributed by atoms with van der Waals surface area (Å²) in [6.07, 6.45) is 4.40. The van der Waals surface area contributed by atoms with Crippen molar-refractivity contribution in [3.8, 4) is 9.75 Å². The minimum atomic E-state index is -0.0840. The molecule has 3 aliphatic carbocycles. The first kappa shape index (κ1) is 25.4. The molecule has 0 unspecified atom stereocenters. The molecule has 0 radical (unpaired) electrons. The molecule has 0 bridgehead atoms. The van der Waals surface area contributed by atoms with E-state index in [2.05, 4.69) is 62.4 Å². The maximum Gasteiger partial charge on any atom is 0.0543 e. The average Bonchev–Trinajstić information content (AvgIpc) is 3.74. The lowest BCUT2D eigenvalue weighted by atomic mass is 9.84. The smallest absolute Gasteiger partial charge is 0.0543 e. The van der Waals surface area contributed by atoms with Crippen LogP contribution in [-0.4, -0.2) is 19.5 Å². The molecule has 40 heavy (non-hydrogen) atoms. The van der Waals surface area contributed by atoms with E-state index in [0.29, 0.717) is 0 Å². The molecule has 0 amide bonds. The van der Waals surface area contributed by atoms with Gasteiger partial charge < -0.3 is 0 Å². The van der Waals surface area contributed by atoms with Gasteiger partial charge in [-0.3, -0.25) is 0 Å². The summed E-state index contributed by atoms with van der Waals surface area (Å²) in [7, 11) is 0. The van der Waals surface area contributed by atoms with Crippen LogP contribution in [0.2, 0.25) is 0 Å². The molecular formula is C33H18S7. The van der Waals surface area contributed by atoms with Gasteiger partial charge in [-0.2, -0.15) is 0 Å². The summed E-state index contributed by atoms with van der Waals surface area (Å²) >= 11 is 28.9. The van der Waals surface area contributed by atoms with Crippen LogP contribution >= 0.6 is 82.9 Å². The van der Waals surface area contributed by atoms with E-state index in [0.717, 1.165) is 52.9 Å². The van der Waals surface area contributed by atoms with Crippen molar-refractivity contribution in [2.45, 2.75) is 19.3 Å². The lowest BCUT2D eigenvalue weighted by Crippen LogP contribution is -2.13. The molecule has 7 heteroatoms. The Morgan fingerprint density at radius 2 is 1.07 bits per heavy atom. The quantitative estimate of drug-likeness (QED) is 0.139. The number of benzene rings is 2. The van der Waals surface area contributed by atoms with Crippen LogP contribution in [0.5, 0.6) is 0 Å². The lowest BCUT2D eigenvalue weighted by molar-refractivity contribution is 0.669. The molecule has 0 aliphatic heterocycles. The van der Waals surface area contributed by atoms with Gasteiger partial charge in [-0.15, -0.1) is 34.0 Å². The van der Waals surface area contributed by atoms with E-state index in [-0.39, 0.29) is 5.41 Å². The predicted molar refractivity (Wildman–Crippen MR) is 191 cm³/mol. The van der Waals surface area contributed by atoms with Gasteiger partial charge in [0.05, 0.1) is 29.0 Å². The Balaban J connectivity index is 1.18. The van der Waals surface area contributed by atoms with Crippen molar-refractivity contribution in [3.05, 3.63) is 115 Å². The number of hydrogen-bond donors (Lipinski definition) is 0. The van der Waals surface area contributed by atoms with Crippen LogP contribution in [-0.2, 0) is 5.41 Å². The van der Waals surface area contributed by atoms with Crippen molar-refractivity contribution in [3.63, 3.8) is 0 Å². The molecule has 3 aromatic heterocycles. The van der Waals surface area contributed by atoms with Crippen LogP contribution in [0.4, 0.5) is 0 Å². The van der Waals surface area contributed by atoms with Gasteiger partial charge in [-0.25, -0.2) is 0 Å². The lowest BCUT2D eigenvalue weighted by Gasteiger charge is -2.19. The maximum absolute atomic E-state index is 5.82. The first-order valence-electron chi connectivity index (χ1n) is 12.8. The Hall–Kier alpha value is -2.36. The fourth-order valence-corrected chi connectivity index (χ4v) is 11.8. The summed E-state index contributed by atoms with van der Waals surface area (Å²) in [5, 5.41) is 0. The summed E-state index contributed by atoms with van der Waals surface area (Å²) in [4.78, 5) is 8.62. The topological polar surface area (TPSA) is 0 Å². The number of hydrogen-bond acceptors (Lipinski definition) is 7. The van der Waals surface area contributed by atoms with Crippen molar-refractivity contribution in [1.82, 2.24) is 0 Å². The van der Waals surface area contributed by atoms with Crippen LogP contribution in [0.15, 0.2) is 71.8 Å². The fraction of sp³-hybridized carbons (Fsp3) is 0.0909. The first-order chi connectivity index (χ1) is 19.2. The van der Waals surface area contributed by atoms with Crippen molar-refractivity contribution >= 4 is 124 Å². The van der Waals surface area contributed by atoms with Gasteiger partial charge in [0.2, 0.25) is 0 Å². The zero-order valence-electron chi connectivity index (χ0n) is 21.3. The van der Waals surface area contributed by atoms with Crippen LogP contribution in [0.3, 0.4) is 0 Å².